The van der Waals surface area contributed by atoms with Gasteiger partial charge in [0, 0.05) is 30.2 Å². The third kappa shape index (κ3) is 5.16. The molecule has 2 aromatic rings. The molecular weight excluding hydrogens is 416 g/mol. The molecule has 2 rings (SSSR count). The van der Waals surface area contributed by atoms with E-state index < -0.39 is 10.0 Å². The lowest BCUT2D eigenvalue weighted by Gasteiger charge is -2.19. The Morgan fingerprint density at radius 3 is 2.42 bits per heavy atom. The van der Waals surface area contributed by atoms with Crippen molar-refractivity contribution in [2.75, 3.05) is 13.6 Å². The number of halogens is 1. The first-order valence-electron chi connectivity index (χ1n) is 8.30. The third-order valence-electron chi connectivity index (χ3n) is 3.80. The molecule has 0 saturated carbocycles. The topological polar surface area (TPSA) is 66.5 Å². The Morgan fingerprint density at radius 2 is 1.81 bits per heavy atom. The molecule has 0 spiro atoms. The van der Waals surface area contributed by atoms with Gasteiger partial charge in [-0.2, -0.15) is 4.31 Å². The number of nitrogens with one attached hydrogen (secondary N) is 1. The minimum atomic E-state index is -3.75. The van der Waals surface area contributed by atoms with E-state index in [1.807, 2.05) is 44.2 Å². The van der Waals surface area contributed by atoms with E-state index in [2.05, 4.69) is 21.2 Å². The first kappa shape index (κ1) is 20.6. The van der Waals surface area contributed by atoms with Crippen LogP contribution in [0, 0.1) is 5.92 Å². The minimum Gasteiger partial charge on any atom is -0.352 e. The van der Waals surface area contributed by atoms with E-state index in [1.165, 1.54) is 17.4 Å². The monoisotopic (exact) mass is 438 g/mol. The van der Waals surface area contributed by atoms with Crippen LogP contribution in [-0.4, -0.2) is 32.2 Å². The Balaban J connectivity index is 2.27. The fourth-order valence-electron chi connectivity index (χ4n) is 2.33. The van der Waals surface area contributed by atoms with Crippen molar-refractivity contribution in [3.05, 3.63) is 64.1 Å². The van der Waals surface area contributed by atoms with Gasteiger partial charge in [-0.05, 0) is 45.6 Å². The van der Waals surface area contributed by atoms with Crippen LogP contribution in [-0.2, 0) is 16.6 Å². The number of rotatable bonds is 7. The van der Waals surface area contributed by atoms with Gasteiger partial charge in [0.25, 0.3) is 5.91 Å². The summed E-state index contributed by atoms with van der Waals surface area (Å²) in [4.78, 5) is 12.3. The second-order valence-corrected chi connectivity index (χ2v) is 9.36. The van der Waals surface area contributed by atoms with E-state index >= 15 is 0 Å². The summed E-state index contributed by atoms with van der Waals surface area (Å²) in [6.45, 7) is 4.77. The Bertz CT molecular complexity index is 868. The molecule has 5 nitrogen and oxygen atoms in total. The summed E-state index contributed by atoms with van der Waals surface area (Å²) >= 11 is 3.29. The van der Waals surface area contributed by atoms with Crippen LogP contribution in [0.1, 0.15) is 29.8 Å². The quantitative estimate of drug-likeness (QED) is 0.716. The maximum atomic E-state index is 13.0. The highest BCUT2D eigenvalue weighted by Gasteiger charge is 2.25. The van der Waals surface area contributed by atoms with Gasteiger partial charge in [-0.3, -0.25) is 4.79 Å². The zero-order chi connectivity index (χ0) is 19.3. The van der Waals surface area contributed by atoms with E-state index in [0.717, 1.165) is 5.56 Å². The van der Waals surface area contributed by atoms with Crippen molar-refractivity contribution in [3.63, 3.8) is 0 Å². The highest BCUT2D eigenvalue weighted by molar-refractivity contribution is 9.10. The predicted molar refractivity (Wildman–Crippen MR) is 106 cm³/mol. The summed E-state index contributed by atoms with van der Waals surface area (Å²) in [5.74, 6) is 0.0305. The van der Waals surface area contributed by atoms with E-state index in [4.69, 9.17) is 0 Å². The Labute approximate surface area is 163 Å². The highest BCUT2D eigenvalue weighted by atomic mass is 79.9. The number of benzene rings is 2. The van der Waals surface area contributed by atoms with Crippen LogP contribution in [0.25, 0.3) is 0 Å². The van der Waals surface area contributed by atoms with E-state index in [9.17, 15) is 13.2 Å². The number of sulfonamides is 1. The smallest absolute Gasteiger partial charge is 0.251 e. The Morgan fingerprint density at radius 1 is 1.15 bits per heavy atom. The van der Waals surface area contributed by atoms with Gasteiger partial charge in [-0.25, -0.2) is 8.42 Å². The molecule has 0 unspecified atom stereocenters. The second-order valence-electron chi connectivity index (χ2n) is 6.50. The van der Waals surface area contributed by atoms with Crippen molar-refractivity contribution in [2.45, 2.75) is 25.3 Å². The molecule has 26 heavy (non-hydrogen) atoms. The molecule has 0 fully saturated rings. The maximum Gasteiger partial charge on any atom is 0.251 e. The van der Waals surface area contributed by atoms with Crippen molar-refractivity contribution in [1.29, 1.82) is 0 Å². The van der Waals surface area contributed by atoms with Gasteiger partial charge in [-0.1, -0.05) is 44.2 Å². The van der Waals surface area contributed by atoms with Crippen molar-refractivity contribution in [3.8, 4) is 0 Å². The largest absolute Gasteiger partial charge is 0.352 e. The molecule has 1 N–H and O–H groups in total. The summed E-state index contributed by atoms with van der Waals surface area (Å²) in [5, 5.41) is 2.80. The Hall–Kier alpha value is -1.70. The van der Waals surface area contributed by atoms with Crippen molar-refractivity contribution < 1.29 is 13.2 Å². The number of amides is 1. The molecule has 7 heteroatoms. The van der Waals surface area contributed by atoms with Gasteiger partial charge in [0.15, 0.2) is 0 Å². The molecular formula is C19H23BrN2O3S. The highest BCUT2D eigenvalue weighted by Crippen LogP contribution is 2.26. The lowest BCUT2D eigenvalue weighted by Crippen LogP contribution is -2.29. The zero-order valence-corrected chi connectivity index (χ0v) is 17.5. The van der Waals surface area contributed by atoms with E-state index in [0.29, 0.717) is 22.5 Å². The molecule has 140 valence electrons. The first-order valence-corrected chi connectivity index (χ1v) is 10.5. The van der Waals surface area contributed by atoms with Gasteiger partial charge in [-0.15, -0.1) is 0 Å². The molecule has 0 saturated heterocycles. The van der Waals surface area contributed by atoms with Crippen molar-refractivity contribution >= 4 is 31.9 Å². The van der Waals surface area contributed by atoms with Gasteiger partial charge in [0.2, 0.25) is 10.0 Å². The third-order valence-corrected chi connectivity index (χ3v) is 6.60. The summed E-state index contributed by atoms with van der Waals surface area (Å²) in [6, 6.07) is 14.0. The van der Waals surface area contributed by atoms with Gasteiger partial charge in [0.1, 0.15) is 0 Å². The summed E-state index contributed by atoms with van der Waals surface area (Å²) in [5.41, 5.74) is 1.21. The van der Waals surface area contributed by atoms with Gasteiger partial charge >= 0.3 is 0 Å². The van der Waals surface area contributed by atoms with Crippen LogP contribution in [0.3, 0.4) is 0 Å². The normalized spacial score (nSPS) is 11.8. The number of nitrogens with zero attached hydrogens (tertiary/aromatic N) is 1. The lowest BCUT2D eigenvalue weighted by molar-refractivity contribution is 0.0949. The molecule has 1 amide bonds. The molecule has 0 bridgehead atoms. The van der Waals surface area contributed by atoms with Crippen LogP contribution in [0.5, 0.6) is 0 Å². The standard InChI is InChI=1S/C19H23BrN2O3S/c1-14(2)12-21-19(23)16-9-10-17(20)18(11-16)26(24,25)22(3)13-15-7-5-4-6-8-15/h4-11,14H,12-13H2,1-3H3,(H,21,23). The molecule has 0 aromatic heterocycles. The molecule has 2 aromatic carbocycles. The van der Waals surface area contributed by atoms with Gasteiger partial charge in [0.05, 0.1) is 4.90 Å². The predicted octanol–water partition coefficient (Wildman–Crippen LogP) is 3.66. The van der Waals surface area contributed by atoms with Crippen LogP contribution >= 0.6 is 15.9 Å². The molecule has 0 radical (unpaired) electrons. The average molecular weight is 439 g/mol. The number of carbonyl (C=O) groups is 1. The van der Waals surface area contributed by atoms with E-state index in [1.54, 1.807) is 12.1 Å². The van der Waals surface area contributed by atoms with E-state index in [-0.39, 0.29) is 17.3 Å². The SMILES string of the molecule is CC(C)CNC(=O)c1ccc(Br)c(S(=O)(=O)N(C)Cc2ccccc2)c1. The molecule has 0 aliphatic rings. The maximum absolute atomic E-state index is 13.0. The fraction of sp³-hybridized carbons (Fsp3) is 0.316. The average Bonchev–Trinajstić information content (AvgIpc) is 2.60. The molecule has 0 aliphatic heterocycles. The van der Waals surface area contributed by atoms with Crippen LogP contribution < -0.4 is 5.32 Å². The lowest BCUT2D eigenvalue weighted by atomic mass is 10.2. The summed E-state index contributed by atoms with van der Waals surface area (Å²) in [7, 11) is -2.22. The molecule has 0 heterocycles. The number of carbonyl (C=O) groups excluding carboxylic acids is 1. The van der Waals surface area contributed by atoms with Crippen LogP contribution in [0.2, 0.25) is 0 Å². The molecule has 0 atom stereocenters. The fourth-order valence-corrected chi connectivity index (χ4v) is 4.44. The summed E-state index contributed by atoms with van der Waals surface area (Å²) < 4.78 is 27.6. The van der Waals surface area contributed by atoms with Crippen LogP contribution in [0.4, 0.5) is 0 Å². The zero-order valence-electron chi connectivity index (χ0n) is 15.1. The Kier molecular flexibility index (Phi) is 6.97. The number of hydrogen-bond acceptors (Lipinski definition) is 3. The second kappa shape index (κ2) is 8.79. The van der Waals surface area contributed by atoms with Gasteiger partial charge < -0.3 is 5.32 Å². The van der Waals surface area contributed by atoms with Crippen molar-refractivity contribution in [1.82, 2.24) is 9.62 Å². The summed E-state index contributed by atoms with van der Waals surface area (Å²) in [6.07, 6.45) is 0. The molecule has 0 aliphatic carbocycles. The minimum absolute atomic E-state index is 0.0770. The first-order chi connectivity index (χ1) is 12.2. The van der Waals surface area contributed by atoms with Crippen LogP contribution in [0.15, 0.2) is 57.9 Å². The number of hydrogen-bond donors (Lipinski definition) is 1. The van der Waals surface area contributed by atoms with Crippen molar-refractivity contribution in [2.24, 2.45) is 5.92 Å².